The first-order chi connectivity index (χ1) is 9.41. The molecule has 0 saturated heterocycles. The Kier molecular flexibility index (Phi) is 2.22. The lowest BCUT2D eigenvalue weighted by atomic mass is 10.1. The van der Waals surface area contributed by atoms with E-state index >= 15 is 0 Å². The number of phenols is 5. The standard InChI is InChI=1S/C13H8O7/c14-4-1-2-6-8(10(4)16)12(18)9-7(20-6)3-5(15)11(17)13(9)19/h1-3,14-17,19H. The summed E-state index contributed by atoms with van der Waals surface area (Å²) in [5.41, 5.74) is -1.05. The molecule has 0 saturated carbocycles. The van der Waals surface area contributed by atoms with Crippen LogP contribution in [0.15, 0.2) is 27.4 Å². The first kappa shape index (κ1) is 12.0. The highest BCUT2D eigenvalue weighted by atomic mass is 16.3. The van der Waals surface area contributed by atoms with E-state index in [0.29, 0.717) is 0 Å². The number of rotatable bonds is 0. The maximum Gasteiger partial charge on any atom is 0.208 e. The summed E-state index contributed by atoms with van der Waals surface area (Å²) >= 11 is 0. The van der Waals surface area contributed by atoms with Crippen LogP contribution in [0.1, 0.15) is 0 Å². The summed E-state index contributed by atoms with van der Waals surface area (Å²) in [5, 5.41) is 46.9. The SMILES string of the molecule is O=c1c2c(O)c(O)ccc2oc2cc(O)c(O)c(O)c12. The third kappa shape index (κ3) is 1.37. The second kappa shape index (κ2) is 3.70. The van der Waals surface area contributed by atoms with Gasteiger partial charge in [0.05, 0.1) is 0 Å². The molecule has 0 bridgehead atoms. The third-order valence-corrected chi connectivity index (χ3v) is 3.01. The molecule has 5 N–H and O–H groups in total. The van der Waals surface area contributed by atoms with Crippen molar-refractivity contribution >= 4 is 21.9 Å². The van der Waals surface area contributed by atoms with Gasteiger partial charge in [-0.05, 0) is 12.1 Å². The zero-order valence-electron chi connectivity index (χ0n) is 9.78. The Balaban J connectivity index is 2.66. The second-order valence-corrected chi connectivity index (χ2v) is 4.20. The highest BCUT2D eigenvalue weighted by Crippen LogP contribution is 2.42. The molecule has 0 fully saturated rings. The van der Waals surface area contributed by atoms with E-state index in [1.807, 2.05) is 0 Å². The number of aromatic hydroxyl groups is 5. The predicted octanol–water partition coefficient (Wildman–Crippen LogP) is 1.47. The van der Waals surface area contributed by atoms with Gasteiger partial charge in [0.1, 0.15) is 21.9 Å². The van der Waals surface area contributed by atoms with Crippen molar-refractivity contribution in [2.24, 2.45) is 0 Å². The van der Waals surface area contributed by atoms with Crippen LogP contribution in [0.25, 0.3) is 21.9 Å². The van der Waals surface area contributed by atoms with Gasteiger partial charge in [-0.15, -0.1) is 0 Å². The Labute approximate surface area is 110 Å². The van der Waals surface area contributed by atoms with E-state index in [0.717, 1.165) is 12.1 Å². The highest BCUT2D eigenvalue weighted by molar-refractivity contribution is 5.98. The lowest BCUT2D eigenvalue weighted by Gasteiger charge is -2.07. The molecule has 0 aliphatic rings. The summed E-state index contributed by atoms with van der Waals surface area (Å²) in [6.07, 6.45) is 0. The smallest absolute Gasteiger partial charge is 0.208 e. The van der Waals surface area contributed by atoms with E-state index in [2.05, 4.69) is 0 Å². The summed E-state index contributed by atoms with van der Waals surface area (Å²) in [5.74, 6) is -3.60. The fraction of sp³-hybridized carbons (Fsp3) is 0. The van der Waals surface area contributed by atoms with Gasteiger partial charge in [0.15, 0.2) is 23.0 Å². The van der Waals surface area contributed by atoms with Crippen molar-refractivity contribution in [1.29, 1.82) is 0 Å². The molecular formula is C13H8O7. The van der Waals surface area contributed by atoms with E-state index in [9.17, 15) is 30.3 Å². The number of benzene rings is 2. The van der Waals surface area contributed by atoms with Crippen molar-refractivity contribution in [2.45, 2.75) is 0 Å². The monoisotopic (exact) mass is 276 g/mol. The molecule has 0 amide bonds. The molecule has 20 heavy (non-hydrogen) atoms. The van der Waals surface area contributed by atoms with Crippen LogP contribution in [0.5, 0.6) is 28.7 Å². The summed E-state index contributed by atoms with van der Waals surface area (Å²) in [6, 6.07) is 3.36. The summed E-state index contributed by atoms with van der Waals surface area (Å²) < 4.78 is 5.28. The van der Waals surface area contributed by atoms with Crippen molar-refractivity contribution in [1.82, 2.24) is 0 Å². The Hall–Kier alpha value is -3.09. The molecule has 102 valence electrons. The van der Waals surface area contributed by atoms with Gasteiger partial charge in [-0.1, -0.05) is 0 Å². The normalized spacial score (nSPS) is 11.2. The molecule has 3 rings (SSSR count). The average molecular weight is 276 g/mol. The Morgan fingerprint density at radius 1 is 0.750 bits per heavy atom. The van der Waals surface area contributed by atoms with Gasteiger partial charge in [0, 0.05) is 6.07 Å². The van der Waals surface area contributed by atoms with Crippen LogP contribution < -0.4 is 5.43 Å². The van der Waals surface area contributed by atoms with Crippen LogP contribution in [-0.4, -0.2) is 25.5 Å². The fourth-order valence-electron chi connectivity index (χ4n) is 2.03. The van der Waals surface area contributed by atoms with Crippen molar-refractivity contribution in [3.8, 4) is 28.7 Å². The largest absolute Gasteiger partial charge is 0.504 e. The quantitative estimate of drug-likeness (QED) is 0.310. The Bertz CT molecular complexity index is 924. The molecule has 0 radical (unpaired) electrons. The topological polar surface area (TPSA) is 131 Å². The van der Waals surface area contributed by atoms with Crippen molar-refractivity contribution in [2.75, 3.05) is 0 Å². The maximum atomic E-state index is 12.3. The van der Waals surface area contributed by atoms with Gasteiger partial charge in [-0.2, -0.15) is 0 Å². The van der Waals surface area contributed by atoms with Gasteiger partial charge in [0.25, 0.3) is 0 Å². The zero-order valence-corrected chi connectivity index (χ0v) is 9.78. The number of phenolic OH excluding ortho intramolecular Hbond substituents is 5. The second-order valence-electron chi connectivity index (χ2n) is 4.20. The lowest BCUT2D eigenvalue weighted by molar-refractivity contribution is 0.370. The highest BCUT2D eigenvalue weighted by Gasteiger charge is 2.20. The van der Waals surface area contributed by atoms with Crippen LogP contribution >= 0.6 is 0 Å². The molecule has 0 atom stereocenters. The van der Waals surface area contributed by atoms with E-state index < -0.39 is 39.6 Å². The molecule has 0 aliphatic carbocycles. The minimum atomic E-state index is -0.871. The van der Waals surface area contributed by atoms with Gasteiger partial charge in [0.2, 0.25) is 11.2 Å². The van der Waals surface area contributed by atoms with Crippen LogP contribution in [0.4, 0.5) is 0 Å². The Morgan fingerprint density at radius 3 is 2.10 bits per heavy atom. The van der Waals surface area contributed by atoms with Crippen LogP contribution in [0, 0.1) is 0 Å². The number of hydrogen-bond donors (Lipinski definition) is 5. The van der Waals surface area contributed by atoms with Crippen LogP contribution in [0.2, 0.25) is 0 Å². The Morgan fingerprint density at radius 2 is 1.40 bits per heavy atom. The van der Waals surface area contributed by atoms with Crippen LogP contribution in [-0.2, 0) is 0 Å². The zero-order chi connectivity index (χ0) is 14.6. The first-order valence-electron chi connectivity index (χ1n) is 5.47. The molecule has 2 aromatic carbocycles. The summed E-state index contributed by atoms with van der Waals surface area (Å²) in [6.45, 7) is 0. The third-order valence-electron chi connectivity index (χ3n) is 3.01. The van der Waals surface area contributed by atoms with E-state index in [1.165, 1.54) is 6.07 Å². The van der Waals surface area contributed by atoms with Crippen LogP contribution in [0.3, 0.4) is 0 Å². The molecule has 0 spiro atoms. The molecule has 3 aromatic rings. The first-order valence-corrected chi connectivity index (χ1v) is 5.47. The fourth-order valence-corrected chi connectivity index (χ4v) is 2.03. The minimum Gasteiger partial charge on any atom is -0.504 e. The lowest BCUT2D eigenvalue weighted by Crippen LogP contribution is -2.03. The summed E-state index contributed by atoms with van der Waals surface area (Å²) in [7, 11) is 0. The van der Waals surface area contributed by atoms with Crippen molar-refractivity contribution in [3.05, 3.63) is 28.4 Å². The molecular weight excluding hydrogens is 268 g/mol. The predicted molar refractivity (Wildman–Crippen MR) is 68.3 cm³/mol. The molecule has 0 aliphatic heterocycles. The average Bonchev–Trinajstić information content (AvgIpc) is 2.40. The number of fused-ring (bicyclic) bond motifs is 2. The molecule has 7 heteroatoms. The van der Waals surface area contributed by atoms with E-state index in [-0.39, 0.29) is 16.6 Å². The molecule has 1 aromatic heterocycles. The van der Waals surface area contributed by atoms with E-state index in [4.69, 9.17) is 4.42 Å². The van der Waals surface area contributed by atoms with Gasteiger partial charge in [-0.25, -0.2) is 0 Å². The van der Waals surface area contributed by atoms with Gasteiger partial charge >= 0.3 is 0 Å². The maximum absolute atomic E-state index is 12.3. The van der Waals surface area contributed by atoms with Crippen molar-refractivity contribution in [3.63, 3.8) is 0 Å². The molecule has 1 heterocycles. The molecule has 0 unspecified atom stereocenters. The minimum absolute atomic E-state index is 0.0395. The van der Waals surface area contributed by atoms with Crippen molar-refractivity contribution < 1.29 is 29.9 Å². The molecule has 7 nitrogen and oxygen atoms in total. The summed E-state index contributed by atoms with van der Waals surface area (Å²) in [4.78, 5) is 12.3. The van der Waals surface area contributed by atoms with Gasteiger partial charge in [-0.3, -0.25) is 4.79 Å². The van der Waals surface area contributed by atoms with Gasteiger partial charge < -0.3 is 29.9 Å². The number of hydrogen-bond acceptors (Lipinski definition) is 7. The van der Waals surface area contributed by atoms with E-state index in [1.54, 1.807) is 0 Å².